The molecule has 0 N–H and O–H groups in total. The summed E-state index contributed by atoms with van der Waals surface area (Å²) in [6.07, 6.45) is 0.712. The number of hydrogen-bond donors (Lipinski definition) is 0. The Hall–Kier alpha value is -3.42. The third-order valence-electron chi connectivity index (χ3n) is 5.07. The number of fused-ring (bicyclic) bond motifs is 1. The second-order valence-corrected chi connectivity index (χ2v) is 7.21. The molecule has 3 aromatic rings. The van der Waals surface area contributed by atoms with Crippen molar-refractivity contribution < 1.29 is 18.7 Å². The summed E-state index contributed by atoms with van der Waals surface area (Å²) in [5.41, 5.74) is 3.79. The first-order chi connectivity index (χ1) is 14.5. The minimum absolute atomic E-state index is 0.0970. The molecule has 1 aromatic carbocycles. The van der Waals surface area contributed by atoms with Gasteiger partial charge in [0.1, 0.15) is 23.9 Å². The highest BCUT2D eigenvalue weighted by molar-refractivity contribution is 5.78. The molecule has 0 unspecified atom stereocenters. The molecule has 0 fully saturated rings. The molecular weight excluding hydrogens is 387 g/mol. The number of amides is 1. The van der Waals surface area contributed by atoms with E-state index in [1.54, 1.807) is 4.90 Å². The van der Waals surface area contributed by atoms with Crippen LogP contribution in [0, 0.1) is 12.7 Å². The standard InChI is InChI=1S/C22H23FN4O3/c1-15-4-3-5-21(24-15)30-13-19-18-12-27(11-10-20(18)26(2)25-19)22(28)14-29-17-8-6-16(23)7-9-17/h3-9H,10-14H2,1-2H3. The highest BCUT2D eigenvalue weighted by atomic mass is 19.1. The lowest BCUT2D eigenvalue weighted by atomic mass is 10.1. The number of carbonyl (C=O) groups excluding carboxylic acids is 1. The quantitative estimate of drug-likeness (QED) is 0.625. The molecule has 0 aliphatic carbocycles. The topological polar surface area (TPSA) is 69.5 Å². The lowest BCUT2D eigenvalue weighted by molar-refractivity contribution is -0.134. The highest BCUT2D eigenvalue weighted by Gasteiger charge is 2.27. The van der Waals surface area contributed by atoms with Crippen LogP contribution in [-0.2, 0) is 31.4 Å². The number of nitrogens with zero attached hydrogens (tertiary/aromatic N) is 4. The minimum Gasteiger partial charge on any atom is -0.484 e. The van der Waals surface area contributed by atoms with Gasteiger partial charge in [0.05, 0.1) is 0 Å². The van der Waals surface area contributed by atoms with Crippen LogP contribution in [0.3, 0.4) is 0 Å². The van der Waals surface area contributed by atoms with Crippen LogP contribution >= 0.6 is 0 Å². The first-order valence-corrected chi connectivity index (χ1v) is 9.76. The molecule has 0 bridgehead atoms. The second kappa shape index (κ2) is 8.52. The van der Waals surface area contributed by atoms with Crippen LogP contribution in [0.2, 0.25) is 0 Å². The van der Waals surface area contributed by atoms with Gasteiger partial charge in [-0.3, -0.25) is 9.48 Å². The molecule has 2 aromatic heterocycles. The Labute approximate surface area is 174 Å². The van der Waals surface area contributed by atoms with Crippen molar-refractivity contribution in [2.75, 3.05) is 13.2 Å². The van der Waals surface area contributed by atoms with E-state index < -0.39 is 0 Å². The van der Waals surface area contributed by atoms with Gasteiger partial charge >= 0.3 is 0 Å². The summed E-state index contributed by atoms with van der Waals surface area (Å²) >= 11 is 0. The molecule has 0 saturated carbocycles. The van der Waals surface area contributed by atoms with E-state index >= 15 is 0 Å². The summed E-state index contributed by atoms with van der Waals surface area (Å²) < 4.78 is 26.2. The molecule has 0 spiro atoms. The molecule has 8 heteroatoms. The van der Waals surface area contributed by atoms with Gasteiger partial charge in [0, 0.05) is 49.6 Å². The van der Waals surface area contributed by atoms with Crippen LogP contribution in [0.5, 0.6) is 11.6 Å². The first-order valence-electron chi connectivity index (χ1n) is 9.76. The fraction of sp³-hybridized carbons (Fsp3) is 0.318. The van der Waals surface area contributed by atoms with E-state index in [1.807, 2.05) is 36.9 Å². The Morgan fingerprint density at radius 2 is 1.97 bits per heavy atom. The number of pyridine rings is 1. The zero-order valence-electron chi connectivity index (χ0n) is 17.0. The molecule has 1 amide bonds. The molecule has 1 aliphatic heterocycles. The maximum atomic E-state index is 13.0. The fourth-order valence-electron chi connectivity index (χ4n) is 3.51. The van der Waals surface area contributed by atoms with Crippen LogP contribution in [0.15, 0.2) is 42.5 Å². The molecule has 156 valence electrons. The zero-order valence-corrected chi connectivity index (χ0v) is 17.0. The van der Waals surface area contributed by atoms with E-state index in [2.05, 4.69) is 10.1 Å². The van der Waals surface area contributed by atoms with Gasteiger partial charge in [-0.15, -0.1) is 0 Å². The Morgan fingerprint density at radius 1 is 1.17 bits per heavy atom. The third-order valence-corrected chi connectivity index (χ3v) is 5.07. The van der Waals surface area contributed by atoms with Gasteiger partial charge in [0.15, 0.2) is 6.61 Å². The van der Waals surface area contributed by atoms with Gasteiger partial charge in [-0.05, 0) is 37.3 Å². The predicted molar refractivity (Wildman–Crippen MR) is 108 cm³/mol. The Kier molecular flexibility index (Phi) is 5.65. The van der Waals surface area contributed by atoms with E-state index in [-0.39, 0.29) is 24.9 Å². The fourth-order valence-corrected chi connectivity index (χ4v) is 3.51. The monoisotopic (exact) mass is 410 g/mol. The summed E-state index contributed by atoms with van der Waals surface area (Å²) in [6, 6.07) is 11.2. The Morgan fingerprint density at radius 3 is 2.73 bits per heavy atom. The maximum absolute atomic E-state index is 13.0. The molecule has 0 radical (unpaired) electrons. The van der Waals surface area contributed by atoms with E-state index in [0.717, 1.165) is 22.6 Å². The van der Waals surface area contributed by atoms with Crippen molar-refractivity contribution in [3.8, 4) is 11.6 Å². The minimum atomic E-state index is -0.343. The number of ether oxygens (including phenoxy) is 2. The van der Waals surface area contributed by atoms with Crippen LogP contribution in [0.1, 0.15) is 22.6 Å². The molecule has 1 aliphatic rings. The predicted octanol–water partition coefficient (Wildman–Crippen LogP) is 2.81. The number of carbonyl (C=O) groups is 1. The number of rotatable bonds is 6. The van der Waals surface area contributed by atoms with Crippen molar-refractivity contribution in [2.24, 2.45) is 7.05 Å². The lowest BCUT2D eigenvalue weighted by Gasteiger charge is -2.27. The van der Waals surface area contributed by atoms with E-state index in [0.29, 0.717) is 31.1 Å². The average molecular weight is 410 g/mol. The van der Waals surface area contributed by atoms with E-state index in [1.165, 1.54) is 24.3 Å². The van der Waals surface area contributed by atoms with Gasteiger partial charge in [-0.2, -0.15) is 5.10 Å². The third kappa shape index (κ3) is 4.42. The molecule has 0 saturated heterocycles. The number of aryl methyl sites for hydroxylation is 2. The molecule has 7 nitrogen and oxygen atoms in total. The van der Waals surface area contributed by atoms with Crippen molar-refractivity contribution in [1.82, 2.24) is 19.7 Å². The van der Waals surface area contributed by atoms with Gasteiger partial charge in [-0.1, -0.05) is 6.07 Å². The lowest BCUT2D eigenvalue weighted by Crippen LogP contribution is -2.39. The first kappa shape index (κ1) is 19.9. The smallest absolute Gasteiger partial charge is 0.260 e. The van der Waals surface area contributed by atoms with Crippen molar-refractivity contribution in [1.29, 1.82) is 0 Å². The van der Waals surface area contributed by atoms with Gasteiger partial charge in [-0.25, -0.2) is 9.37 Å². The molecule has 3 heterocycles. The summed E-state index contributed by atoms with van der Waals surface area (Å²) in [6.45, 7) is 3.15. The Bertz CT molecular complexity index is 1050. The summed E-state index contributed by atoms with van der Waals surface area (Å²) in [5, 5.41) is 4.58. The van der Waals surface area contributed by atoms with Crippen LogP contribution in [-0.4, -0.2) is 38.7 Å². The number of aromatic nitrogens is 3. The van der Waals surface area contributed by atoms with Crippen molar-refractivity contribution in [2.45, 2.75) is 26.5 Å². The number of hydrogen-bond acceptors (Lipinski definition) is 5. The van der Waals surface area contributed by atoms with E-state index in [4.69, 9.17) is 9.47 Å². The second-order valence-electron chi connectivity index (χ2n) is 7.21. The summed E-state index contributed by atoms with van der Waals surface area (Å²) in [4.78, 5) is 18.7. The number of benzene rings is 1. The molecule has 30 heavy (non-hydrogen) atoms. The maximum Gasteiger partial charge on any atom is 0.260 e. The normalized spacial score (nSPS) is 13.1. The van der Waals surface area contributed by atoms with Gasteiger partial charge in [0.25, 0.3) is 5.91 Å². The summed E-state index contributed by atoms with van der Waals surface area (Å²) in [5.74, 6) is 0.542. The van der Waals surface area contributed by atoms with Crippen LogP contribution < -0.4 is 9.47 Å². The zero-order chi connectivity index (χ0) is 21.1. The van der Waals surface area contributed by atoms with Crippen molar-refractivity contribution in [3.63, 3.8) is 0 Å². The SMILES string of the molecule is Cc1cccc(OCc2nn(C)c3c2CN(C(=O)COc2ccc(F)cc2)CC3)n1. The van der Waals surface area contributed by atoms with E-state index in [9.17, 15) is 9.18 Å². The number of halogens is 1. The highest BCUT2D eigenvalue weighted by Crippen LogP contribution is 2.23. The molecular formula is C22H23FN4O3. The van der Waals surface area contributed by atoms with Gasteiger partial charge in [0.2, 0.25) is 5.88 Å². The molecule has 4 rings (SSSR count). The Balaban J connectivity index is 1.40. The summed E-state index contributed by atoms with van der Waals surface area (Å²) in [7, 11) is 1.91. The van der Waals surface area contributed by atoms with Crippen molar-refractivity contribution in [3.05, 3.63) is 70.9 Å². The largest absolute Gasteiger partial charge is 0.484 e. The molecule has 0 atom stereocenters. The van der Waals surface area contributed by atoms with Gasteiger partial charge < -0.3 is 14.4 Å². The van der Waals surface area contributed by atoms with Crippen LogP contribution in [0.25, 0.3) is 0 Å². The average Bonchev–Trinajstić information content (AvgIpc) is 3.07. The van der Waals surface area contributed by atoms with Crippen LogP contribution in [0.4, 0.5) is 4.39 Å². The van der Waals surface area contributed by atoms with Crippen molar-refractivity contribution >= 4 is 5.91 Å².